The molecule has 1 unspecified atom stereocenters. The van der Waals surface area contributed by atoms with Crippen LogP contribution in [0.5, 0.6) is 0 Å². The van der Waals surface area contributed by atoms with E-state index in [4.69, 9.17) is 0 Å². The number of ketones is 1. The number of allylic oxidation sites excluding steroid dienone is 3. The monoisotopic (exact) mass is 304 g/mol. The van der Waals surface area contributed by atoms with E-state index in [9.17, 15) is 13.6 Å². The Morgan fingerprint density at radius 2 is 2.09 bits per heavy atom. The van der Waals surface area contributed by atoms with Gasteiger partial charge in [-0.3, -0.25) is 4.79 Å². The lowest BCUT2D eigenvalue weighted by molar-refractivity contribution is 0.0929. The number of aromatic amines is 1. The van der Waals surface area contributed by atoms with Crippen molar-refractivity contribution in [3.63, 3.8) is 0 Å². The van der Waals surface area contributed by atoms with Crippen LogP contribution in [-0.2, 0) is 0 Å². The van der Waals surface area contributed by atoms with E-state index in [1.54, 1.807) is 18.2 Å². The second-order valence-electron chi connectivity index (χ2n) is 5.27. The number of nitrogens with zero attached hydrogens (tertiary/aromatic N) is 1. The predicted molar refractivity (Wildman–Crippen MR) is 83.8 cm³/mol. The number of hydrogen-bond acceptors (Lipinski definition) is 2. The van der Waals surface area contributed by atoms with Crippen LogP contribution >= 0.6 is 0 Å². The third-order valence-electron chi connectivity index (χ3n) is 3.69. The summed E-state index contributed by atoms with van der Waals surface area (Å²) >= 11 is 0. The molecule has 0 bridgehead atoms. The molecule has 1 aromatic carbocycles. The van der Waals surface area contributed by atoms with E-state index in [0.29, 0.717) is 23.0 Å². The Morgan fingerprint density at radius 3 is 2.64 bits per heavy atom. The topological polar surface area (TPSA) is 45.8 Å². The van der Waals surface area contributed by atoms with Crippen LogP contribution in [-0.4, -0.2) is 15.8 Å². The van der Waals surface area contributed by atoms with E-state index in [2.05, 4.69) is 16.5 Å². The number of fused-ring (bicyclic) bond motifs is 1. The molecule has 0 saturated carbocycles. The van der Waals surface area contributed by atoms with Gasteiger partial charge in [-0.05, 0) is 25.5 Å². The number of para-hydroxylation sites is 1. The summed E-state index contributed by atoms with van der Waals surface area (Å²) in [4.78, 5) is 19.5. The van der Waals surface area contributed by atoms with Gasteiger partial charge in [-0.25, -0.2) is 13.8 Å². The molecule has 2 aromatic rings. The molecule has 0 fully saturated rings. The fraction of sp³-hybridized carbons (Fsp3) is 0.294. The third kappa shape index (κ3) is 2.84. The quantitative estimate of drug-likeness (QED) is 0.625. The van der Waals surface area contributed by atoms with E-state index >= 15 is 0 Å². The number of Topliss-reactive ketones (excluding diaryl/α,β-unsaturated/α-hetero) is 1. The summed E-state index contributed by atoms with van der Waals surface area (Å²) in [6, 6.07) is 5.11. The van der Waals surface area contributed by atoms with Gasteiger partial charge >= 0.3 is 0 Å². The molecule has 0 radical (unpaired) electrons. The standard InChI is InChI=1S/C17H18F2N2O/c1-5-9(2)16(22)12-7-6-8-13-15(12)21-17(20-13)14(10(3)18)11(4)19/h6-9H,3,5H2,1-2,4H3,(H,20,21). The number of H-pyrrole nitrogens is 1. The zero-order chi connectivity index (χ0) is 16.4. The van der Waals surface area contributed by atoms with E-state index in [0.717, 1.165) is 6.92 Å². The molecular weight excluding hydrogens is 286 g/mol. The van der Waals surface area contributed by atoms with E-state index in [-0.39, 0.29) is 23.1 Å². The SMILES string of the molecule is C=C(F)C(=C(C)F)c1nc2c(C(=O)C(C)CC)cccc2[nH]1. The fourth-order valence-electron chi connectivity index (χ4n) is 2.28. The minimum atomic E-state index is -0.908. The summed E-state index contributed by atoms with van der Waals surface area (Å²) in [5.74, 6) is -1.77. The van der Waals surface area contributed by atoms with Crippen molar-refractivity contribution in [1.82, 2.24) is 9.97 Å². The Morgan fingerprint density at radius 1 is 1.41 bits per heavy atom. The average molecular weight is 304 g/mol. The van der Waals surface area contributed by atoms with Gasteiger partial charge in [0.15, 0.2) is 5.78 Å². The largest absolute Gasteiger partial charge is 0.338 e. The maximum absolute atomic E-state index is 13.5. The Kier molecular flexibility index (Phi) is 4.54. The van der Waals surface area contributed by atoms with E-state index < -0.39 is 11.7 Å². The van der Waals surface area contributed by atoms with E-state index in [1.807, 2.05) is 13.8 Å². The summed E-state index contributed by atoms with van der Waals surface area (Å²) in [6.07, 6.45) is 0.711. The van der Waals surface area contributed by atoms with Crippen molar-refractivity contribution < 1.29 is 13.6 Å². The molecular formula is C17H18F2N2O. The summed E-state index contributed by atoms with van der Waals surface area (Å²) in [5, 5.41) is 0. The van der Waals surface area contributed by atoms with E-state index in [1.165, 1.54) is 0 Å². The van der Waals surface area contributed by atoms with Crippen LogP contribution < -0.4 is 0 Å². The minimum absolute atomic E-state index is 0.0342. The van der Waals surface area contributed by atoms with Gasteiger partial charge in [-0.2, -0.15) is 0 Å². The van der Waals surface area contributed by atoms with Crippen LogP contribution in [0.1, 0.15) is 43.4 Å². The fourth-order valence-corrected chi connectivity index (χ4v) is 2.28. The van der Waals surface area contributed by atoms with Gasteiger partial charge in [-0.15, -0.1) is 0 Å². The van der Waals surface area contributed by atoms with Gasteiger partial charge in [0.1, 0.15) is 17.5 Å². The molecule has 2 rings (SSSR count). The lowest BCUT2D eigenvalue weighted by atomic mass is 9.96. The Hall–Kier alpha value is -2.30. The number of halogens is 2. The Balaban J connectivity index is 2.64. The number of aromatic nitrogens is 2. The molecule has 1 aromatic heterocycles. The number of nitrogens with one attached hydrogen (secondary N) is 1. The van der Waals surface area contributed by atoms with Crippen LogP contribution in [0.3, 0.4) is 0 Å². The number of benzene rings is 1. The molecule has 0 aliphatic heterocycles. The first-order valence-electron chi connectivity index (χ1n) is 7.11. The molecule has 0 amide bonds. The zero-order valence-electron chi connectivity index (χ0n) is 12.8. The summed E-state index contributed by atoms with van der Waals surface area (Å²) in [6.45, 7) is 8.04. The Bertz CT molecular complexity index is 770. The lowest BCUT2D eigenvalue weighted by Crippen LogP contribution is -2.10. The molecule has 3 nitrogen and oxygen atoms in total. The van der Waals surface area contributed by atoms with Crippen LogP contribution in [0, 0.1) is 5.92 Å². The molecule has 1 N–H and O–H groups in total. The van der Waals surface area contributed by atoms with Crippen LogP contribution in [0.15, 0.2) is 36.4 Å². The molecule has 0 saturated heterocycles. The van der Waals surface area contributed by atoms with Gasteiger partial charge in [-0.1, -0.05) is 26.5 Å². The van der Waals surface area contributed by atoms with Gasteiger partial charge in [0.25, 0.3) is 0 Å². The van der Waals surface area contributed by atoms with Gasteiger partial charge in [0.05, 0.1) is 16.6 Å². The number of imidazole rings is 1. The normalized spacial score (nSPS) is 13.9. The number of carbonyl (C=O) groups is 1. The molecule has 1 atom stereocenters. The highest BCUT2D eigenvalue weighted by Gasteiger charge is 2.20. The smallest absolute Gasteiger partial charge is 0.167 e. The van der Waals surface area contributed by atoms with Crippen molar-refractivity contribution in [2.75, 3.05) is 0 Å². The molecule has 1 heterocycles. The van der Waals surface area contributed by atoms with Crippen LogP contribution in [0.2, 0.25) is 0 Å². The second kappa shape index (κ2) is 6.22. The first-order chi connectivity index (χ1) is 10.4. The third-order valence-corrected chi connectivity index (χ3v) is 3.69. The highest BCUT2D eigenvalue weighted by Crippen LogP contribution is 2.28. The Labute approximate surface area is 127 Å². The highest BCUT2D eigenvalue weighted by atomic mass is 19.1. The zero-order valence-corrected chi connectivity index (χ0v) is 12.8. The predicted octanol–water partition coefficient (Wildman–Crippen LogP) is 4.98. The van der Waals surface area contributed by atoms with Crippen LogP contribution in [0.4, 0.5) is 8.78 Å². The highest BCUT2D eigenvalue weighted by molar-refractivity contribution is 6.07. The minimum Gasteiger partial charge on any atom is -0.338 e. The average Bonchev–Trinajstić information content (AvgIpc) is 2.87. The van der Waals surface area contributed by atoms with Crippen molar-refractivity contribution in [2.24, 2.45) is 5.92 Å². The van der Waals surface area contributed by atoms with Crippen molar-refractivity contribution in [1.29, 1.82) is 0 Å². The molecule has 0 aliphatic rings. The number of carbonyl (C=O) groups excluding carboxylic acids is 1. The molecule has 116 valence electrons. The summed E-state index contributed by atoms with van der Waals surface area (Å²) < 4.78 is 27.0. The van der Waals surface area contributed by atoms with Crippen molar-refractivity contribution >= 4 is 22.4 Å². The first-order valence-corrected chi connectivity index (χ1v) is 7.11. The summed E-state index contributed by atoms with van der Waals surface area (Å²) in [5.41, 5.74) is 1.12. The molecule has 0 spiro atoms. The summed E-state index contributed by atoms with van der Waals surface area (Å²) in [7, 11) is 0. The number of hydrogen-bond donors (Lipinski definition) is 1. The number of rotatable bonds is 5. The maximum atomic E-state index is 13.5. The maximum Gasteiger partial charge on any atom is 0.167 e. The lowest BCUT2D eigenvalue weighted by Gasteiger charge is -2.07. The van der Waals surface area contributed by atoms with Gasteiger partial charge in [0, 0.05) is 11.5 Å². The van der Waals surface area contributed by atoms with Crippen LogP contribution in [0.25, 0.3) is 16.6 Å². The van der Waals surface area contributed by atoms with Gasteiger partial charge in [0.2, 0.25) is 0 Å². The van der Waals surface area contributed by atoms with Crippen molar-refractivity contribution in [3.8, 4) is 0 Å². The first kappa shape index (κ1) is 16.1. The second-order valence-corrected chi connectivity index (χ2v) is 5.27. The van der Waals surface area contributed by atoms with Gasteiger partial charge < -0.3 is 4.98 Å². The van der Waals surface area contributed by atoms with Crippen molar-refractivity contribution in [2.45, 2.75) is 27.2 Å². The molecule has 0 aliphatic carbocycles. The molecule has 5 heteroatoms. The van der Waals surface area contributed by atoms with Crippen molar-refractivity contribution in [3.05, 3.63) is 47.8 Å². The molecule has 22 heavy (non-hydrogen) atoms.